The molecule has 0 aliphatic carbocycles. The Hall–Kier alpha value is -2.04. The number of nitrogens with zero attached hydrogens (tertiary/aromatic N) is 1. The maximum atomic E-state index is 12.2. The quantitative estimate of drug-likeness (QED) is 0.742. The minimum absolute atomic E-state index is 0.180. The Morgan fingerprint density at radius 2 is 2.00 bits per heavy atom. The molecule has 0 saturated carbocycles. The monoisotopic (exact) mass is 333 g/mol. The lowest BCUT2D eigenvalue weighted by Crippen LogP contribution is -2.38. The Morgan fingerprint density at radius 3 is 2.67 bits per heavy atom. The lowest BCUT2D eigenvalue weighted by atomic mass is 9.93. The van der Waals surface area contributed by atoms with Crippen molar-refractivity contribution in [2.45, 2.75) is 45.4 Å². The zero-order chi connectivity index (χ0) is 17.4. The van der Waals surface area contributed by atoms with Gasteiger partial charge in [-0.2, -0.15) is 0 Å². The highest BCUT2D eigenvalue weighted by Gasteiger charge is 2.23. The molecule has 1 fully saturated rings. The minimum Gasteiger partial charge on any atom is -0.494 e. The molecule has 0 unspecified atom stereocenters. The van der Waals surface area contributed by atoms with Crippen molar-refractivity contribution >= 4 is 11.9 Å². The van der Waals surface area contributed by atoms with E-state index < -0.39 is 5.97 Å². The second-order valence-electron chi connectivity index (χ2n) is 6.54. The van der Waals surface area contributed by atoms with Gasteiger partial charge >= 0.3 is 5.97 Å². The lowest BCUT2D eigenvalue weighted by Gasteiger charge is -2.31. The first kappa shape index (κ1) is 18.3. The summed E-state index contributed by atoms with van der Waals surface area (Å²) in [5.74, 6) is 0.531. The van der Waals surface area contributed by atoms with E-state index in [2.05, 4.69) is 0 Å². The zero-order valence-electron chi connectivity index (χ0n) is 14.4. The molecule has 132 valence electrons. The van der Waals surface area contributed by atoms with Crippen LogP contribution in [0.15, 0.2) is 24.3 Å². The molecule has 2 rings (SSSR count). The van der Waals surface area contributed by atoms with Gasteiger partial charge in [0, 0.05) is 25.9 Å². The predicted octanol–water partition coefficient (Wildman–Crippen LogP) is 3.26. The topological polar surface area (TPSA) is 66.8 Å². The van der Waals surface area contributed by atoms with E-state index in [1.807, 2.05) is 36.1 Å². The standard InChI is InChI=1S/C19H27NO4/c1-15-5-4-6-17(13-15)24-12-3-2-7-18(21)20-10-8-16(9-11-20)14-19(22)23/h4-6,13,16H,2-3,7-12,14H2,1H3,(H,22,23). The number of carbonyl (C=O) groups is 2. The van der Waals surface area contributed by atoms with Crippen molar-refractivity contribution in [1.29, 1.82) is 0 Å². The first-order chi connectivity index (χ1) is 11.5. The maximum absolute atomic E-state index is 12.2. The molecule has 1 amide bonds. The fraction of sp³-hybridized carbons (Fsp3) is 0.579. The van der Waals surface area contributed by atoms with Gasteiger partial charge in [-0.25, -0.2) is 0 Å². The van der Waals surface area contributed by atoms with Crippen LogP contribution in [0.2, 0.25) is 0 Å². The fourth-order valence-corrected chi connectivity index (χ4v) is 3.06. The summed E-state index contributed by atoms with van der Waals surface area (Å²) in [7, 11) is 0. The van der Waals surface area contributed by atoms with Crippen LogP contribution in [0.25, 0.3) is 0 Å². The van der Waals surface area contributed by atoms with Gasteiger partial charge in [-0.3, -0.25) is 9.59 Å². The Kier molecular flexibility index (Phi) is 7.09. The summed E-state index contributed by atoms with van der Waals surface area (Å²) in [6.45, 7) is 4.04. The molecule has 1 aromatic rings. The summed E-state index contributed by atoms with van der Waals surface area (Å²) in [6, 6.07) is 7.96. The van der Waals surface area contributed by atoms with Gasteiger partial charge in [-0.15, -0.1) is 0 Å². The van der Waals surface area contributed by atoms with Crippen LogP contribution in [-0.4, -0.2) is 41.6 Å². The molecular formula is C19H27NO4. The van der Waals surface area contributed by atoms with Crippen molar-refractivity contribution in [2.75, 3.05) is 19.7 Å². The SMILES string of the molecule is Cc1cccc(OCCCCC(=O)N2CCC(CC(=O)O)CC2)c1. The summed E-state index contributed by atoms with van der Waals surface area (Å²) < 4.78 is 5.68. The molecule has 1 aliphatic heterocycles. The number of unbranched alkanes of at least 4 members (excludes halogenated alkanes) is 1. The van der Waals surface area contributed by atoms with Crippen LogP contribution >= 0.6 is 0 Å². The van der Waals surface area contributed by atoms with Gasteiger partial charge in [0.1, 0.15) is 5.75 Å². The Bertz CT molecular complexity index is 550. The largest absolute Gasteiger partial charge is 0.494 e. The number of rotatable bonds is 8. The minimum atomic E-state index is -0.742. The molecule has 0 radical (unpaired) electrons. The number of aryl methyl sites for hydroxylation is 1. The Balaban J connectivity index is 1.58. The number of carboxylic acids is 1. The molecular weight excluding hydrogens is 306 g/mol. The normalized spacial score (nSPS) is 15.3. The molecule has 0 aromatic heterocycles. The summed E-state index contributed by atoms with van der Waals surface area (Å²) in [4.78, 5) is 24.8. The van der Waals surface area contributed by atoms with Crippen LogP contribution in [0.1, 0.15) is 44.1 Å². The second-order valence-corrected chi connectivity index (χ2v) is 6.54. The number of likely N-dealkylation sites (tertiary alicyclic amines) is 1. The van der Waals surface area contributed by atoms with E-state index in [1.165, 1.54) is 5.56 Å². The van der Waals surface area contributed by atoms with E-state index in [4.69, 9.17) is 9.84 Å². The molecule has 0 bridgehead atoms. The van der Waals surface area contributed by atoms with Crippen molar-refractivity contribution in [2.24, 2.45) is 5.92 Å². The molecule has 0 atom stereocenters. The summed E-state index contributed by atoms with van der Waals surface area (Å²) in [6.07, 6.45) is 4.04. The predicted molar refractivity (Wildman–Crippen MR) is 92.1 cm³/mol. The molecule has 1 heterocycles. The molecule has 1 aromatic carbocycles. The van der Waals surface area contributed by atoms with E-state index in [0.29, 0.717) is 26.1 Å². The van der Waals surface area contributed by atoms with E-state index in [0.717, 1.165) is 31.4 Å². The van der Waals surface area contributed by atoms with E-state index in [9.17, 15) is 9.59 Å². The molecule has 0 spiro atoms. The Labute approximate surface area is 143 Å². The third-order valence-electron chi connectivity index (χ3n) is 4.47. The number of ether oxygens (including phenoxy) is 1. The van der Waals surface area contributed by atoms with Gasteiger partial charge in [0.05, 0.1) is 6.61 Å². The van der Waals surface area contributed by atoms with Crippen LogP contribution in [0.5, 0.6) is 5.75 Å². The number of benzene rings is 1. The highest BCUT2D eigenvalue weighted by atomic mass is 16.5. The van der Waals surface area contributed by atoms with Crippen LogP contribution in [0, 0.1) is 12.8 Å². The fourth-order valence-electron chi connectivity index (χ4n) is 3.06. The van der Waals surface area contributed by atoms with Crippen molar-refractivity contribution in [3.63, 3.8) is 0 Å². The maximum Gasteiger partial charge on any atom is 0.303 e. The molecule has 1 aliphatic rings. The van der Waals surface area contributed by atoms with Gasteiger partial charge < -0.3 is 14.7 Å². The van der Waals surface area contributed by atoms with E-state index in [-0.39, 0.29) is 18.2 Å². The van der Waals surface area contributed by atoms with Gasteiger partial charge in [-0.1, -0.05) is 12.1 Å². The zero-order valence-corrected chi connectivity index (χ0v) is 14.4. The average molecular weight is 333 g/mol. The summed E-state index contributed by atoms with van der Waals surface area (Å²) >= 11 is 0. The van der Waals surface area contributed by atoms with E-state index >= 15 is 0 Å². The first-order valence-corrected chi connectivity index (χ1v) is 8.73. The van der Waals surface area contributed by atoms with Crippen molar-refractivity contribution in [3.8, 4) is 5.75 Å². The number of aliphatic carboxylic acids is 1. The van der Waals surface area contributed by atoms with Crippen molar-refractivity contribution in [1.82, 2.24) is 4.90 Å². The number of carbonyl (C=O) groups excluding carboxylic acids is 1. The molecule has 1 saturated heterocycles. The smallest absolute Gasteiger partial charge is 0.303 e. The number of amides is 1. The van der Waals surface area contributed by atoms with Gasteiger partial charge in [0.15, 0.2) is 0 Å². The Morgan fingerprint density at radius 1 is 1.25 bits per heavy atom. The summed E-state index contributed by atoms with van der Waals surface area (Å²) in [5, 5.41) is 8.81. The highest BCUT2D eigenvalue weighted by molar-refractivity contribution is 5.76. The van der Waals surface area contributed by atoms with Crippen LogP contribution < -0.4 is 4.74 Å². The number of hydrogen-bond donors (Lipinski definition) is 1. The highest BCUT2D eigenvalue weighted by Crippen LogP contribution is 2.21. The van der Waals surface area contributed by atoms with Gasteiger partial charge in [0.25, 0.3) is 0 Å². The van der Waals surface area contributed by atoms with E-state index in [1.54, 1.807) is 0 Å². The number of hydrogen-bond acceptors (Lipinski definition) is 3. The average Bonchev–Trinajstić information content (AvgIpc) is 2.54. The van der Waals surface area contributed by atoms with Crippen LogP contribution in [0.3, 0.4) is 0 Å². The van der Waals surface area contributed by atoms with Crippen LogP contribution in [0.4, 0.5) is 0 Å². The van der Waals surface area contributed by atoms with Crippen LogP contribution in [-0.2, 0) is 9.59 Å². The summed E-state index contributed by atoms with van der Waals surface area (Å²) in [5.41, 5.74) is 1.17. The second kappa shape index (κ2) is 9.30. The molecule has 5 heteroatoms. The van der Waals surface area contributed by atoms with Gasteiger partial charge in [0.2, 0.25) is 5.91 Å². The molecule has 5 nitrogen and oxygen atoms in total. The lowest BCUT2D eigenvalue weighted by molar-refractivity contribution is -0.138. The third-order valence-corrected chi connectivity index (χ3v) is 4.47. The number of piperidine rings is 1. The third kappa shape index (κ3) is 6.22. The molecule has 1 N–H and O–H groups in total. The van der Waals surface area contributed by atoms with Gasteiger partial charge in [-0.05, 0) is 56.2 Å². The van der Waals surface area contributed by atoms with Crippen molar-refractivity contribution < 1.29 is 19.4 Å². The number of carboxylic acid groups (broad SMARTS) is 1. The molecule has 24 heavy (non-hydrogen) atoms. The first-order valence-electron chi connectivity index (χ1n) is 8.73. The van der Waals surface area contributed by atoms with Crippen molar-refractivity contribution in [3.05, 3.63) is 29.8 Å².